The van der Waals surface area contributed by atoms with Crippen molar-refractivity contribution in [2.24, 2.45) is 5.92 Å². The van der Waals surface area contributed by atoms with Crippen LogP contribution in [0.5, 0.6) is 0 Å². The number of aliphatic hydroxyl groups is 1. The molecule has 0 amide bonds. The smallest absolute Gasteiger partial charge is 0.129 e. The highest BCUT2D eigenvalue weighted by atomic mass is 35.5. The summed E-state index contributed by atoms with van der Waals surface area (Å²) in [4.78, 5) is 6.39. The molecule has 2 rings (SSSR count). The summed E-state index contributed by atoms with van der Waals surface area (Å²) in [7, 11) is 2.03. The van der Waals surface area contributed by atoms with Gasteiger partial charge in [-0.3, -0.25) is 0 Å². The second-order valence-corrected chi connectivity index (χ2v) is 5.54. The third kappa shape index (κ3) is 3.55. The van der Waals surface area contributed by atoms with Gasteiger partial charge in [0.2, 0.25) is 0 Å². The summed E-state index contributed by atoms with van der Waals surface area (Å²) < 4.78 is 0. The minimum Gasteiger partial charge on any atom is -0.393 e. The largest absolute Gasteiger partial charge is 0.393 e. The van der Waals surface area contributed by atoms with Crippen LogP contribution in [0.1, 0.15) is 18.5 Å². The predicted octanol–water partition coefficient (Wildman–Crippen LogP) is 2.59. The fraction of sp³-hybridized carbons (Fsp3) is 0.583. The van der Waals surface area contributed by atoms with E-state index < -0.39 is 0 Å². The third-order valence-electron chi connectivity index (χ3n) is 3.09. The van der Waals surface area contributed by atoms with Gasteiger partial charge in [0.15, 0.2) is 0 Å². The summed E-state index contributed by atoms with van der Waals surface area (Å²) >= 11 is 11.9. The third-order valence-corrected chi connectivity index (χ3v) is 3.64. The summed E-state index contributed by atoms with van der Waals surface area (Å²) in [6.07, 6.45) is 1.71. The van der Waals surface area contributed by atoms with Crippen LogP contribution < -0.4 is 0 Å². The van der Waals surface area contributed by atoms with Crippen LogP contribution in [0, 0.1) is 5.92 Å². The van der Waals surface area contributed by atoms with Crippen molar-refractivity contribution >= 4 is 23.2 Å². The molecule has 5 heteroatoms. The molecule has 94 valence electrons. The molecule has 1 aliphatic carbocycles. The molecule has 0 atom stereocenters. The van der Waals surface area contributed by atoms with Crippen molar-refractivity contribution in [2.75, 3.05) is 13.6 Å². The van der Waals surface area contributed by atoms with E-state index in [4.69, 9.17) is 23.2 Å². The van der Waals surface area contributed by atoms with E-state index in [2.05, 4.69) is 9.88 Å². The summed E-state index contributed by atoms with van der Waals surface area (Å²) in [5.41, 5.74) is 0.807. The Morgan fingerprint density at radius 1 is 1.41 bits per heavy atom. The highest BCUT2D eigenvalue weighted by Gasteiger charge is 2.27. The van der Waals surface area contributed by atoms with Gasteiger partial charge in [-0.25, -0.2) is 4.98 Å². The molecule has 1 aromatic rings. The van der Waals surface area contributed by atoms with E-state index in [0.717, 1.165) is 25.1 Å². The molecular formula is C12H16Cl2N2O. The van der Waals surface area contributed by atoms with Gasteiger partial charge in [-0.15, -0.1) is 0 Å². The van der Waals surface area contributed by atoms with E-state index >= 15 is 0 Å². The number of rotatable bonds is 4. The van der Waals surface area contributed by atoms with Crippen LogP contribution in [-0.2, 0) is 6.54 Å². The number of aromatic nitrogens is 1. The topological polar surface area (TPSA) is 36.4 Å². The Kier molecular flexibility index (Phi) is 4.26. The summed E-state index contributed by atoms with van der Waals surface area (Å²) in [5.74, 6) is 0.591. The predicted molar refractivity (Wildman–Crippen MR) is 69.3 cm³/mol. The van der Waals surface area contributed by atoms with Crippen LogP contribution in [0.3, 0.4) is 0 Å². The second kappa shape index (κ2) is 5.53. The molecule has 3 nitrogen and oxygen atoms in total. The van der Waals surface area contributed by atoms with Crippen LogP contribution in [0.25, 0.3) is 0 Å². The van der Waals surface area contributed by atoms with Crippen LogP contribution in [0.2, 0.25) is 10.2 Å². The van der Waals surface area contributed by atoms with Gasteiger partial charge < -0.3 is 10.0 Å². The highest BCUT2D eigenvalue weighted by molar-refractivity contribution is 6.32. The minimum atomic E-state index is -0.0960. The Bertz CT molecular complexity index is 394. The van der Waals surface area contributed by atoms with Crippen LogP contribution >= 0.6 is 23.2 Å². The van der Waals surface area contributed by atoms with Crippen molar-refractivity contribution in [3.8, 4) is 0 Å². The summed E-state index contributed by atoms with van der Waals surface area (Å²) in [6, 6.07) is 3.46. The molecule has 0 aromatic carbocycles. The molecule has 0 radical (unpaired) electrons. The lowest BCUT2D eigenvalue weighted by Gasteiger charge is -2.34. The SMILES string of the molecule is CN(Cc1nc(Cl)ccc1Cl)CC1CC(O)C1. The number of nitrogens with zero attached hydrogens (tertiary/aromatic N) is 2. The second-order valence-electron chi connectivity index (χ2n) is 4.75. The lowest BCUT2D eigenvalue weighted by Crippen LogP contribution is -2.36. The highest BCUT2D eigenvalue weighted by Crippen LogP contribution is 2.28. The maximum atomic E-state index is 9.23. The monoisotopic (exact) mass is 274 g/mol. The number of aliphatic hydroxyl groups excluding tert-OH is 1. The van der Waals surface area contributed by atoms with Crippen molar-refractivity contribution < 1.29 is 5.11 Å². The first-order valence-corrected chi connectivity index (χ1v) is 6.47. The first-order chi connectivity index (χ1) is 8.04. The summed E-state index contributed by atoms with van der Waals surface area (Å²) in [5, 5.41) is 10.3. The van der Waals surface area contributed by atoms with E-state index in [9.17, 15) is 5.11 Å². The first-order valence-electron chi connectivity index (χ1n) is 5.72. The van der Waals surface area contributed by atoms with Gasteiger partial charge in [0.05, 0.1) is 16.8 Å². The molecule has 0 unspecified atom stereocenters. The zero-order chi connectivity index (χ0) is 12.4. The van der Waals surface area contributed by atoms with Crippen molar-refractivity contribution in [3.05, 3.63) is 28.0 Å². The zero-order valence-electron chi connectivity index (χ0n) is 9.74. The fourth-order valence-corrected chi connectivity index (χ4v) is 2.51. The Balaban J connectivity index is 1.89. The molecule has 1 aromatic heterocycles. The molecule has 1 heterocycles. The van der Waals surface area contributed by atoms with E-state index in [-0.39, 0.29) is 6.10 Å². The van der Waals surface area contributed by atoms with E-state index in [1.165, 1.54) is 0 Å². The molecular weight excluding hydrogens is 259 g/mol. The van der Waals surface area contributed by atoms with Crippen LogP contribution in [-0.4, -0.2) is 34.7 Å². The lowest BCUT2D eigenvalue weighted by molar-refractivity contribution is 0.0272. The van der Waals surface area contributed by atoms with Crippen molar-refractivity contribution in [3.63, 3.8) is 0 Å². The average molecular weight is 275 g/mol. The quantitative estimate of drug-likeness (QED) is 0.858. The number of halogens is 2. The Morgan fingerprint density at radius 2 is 2.12 bits per heavy atom. The molecule has 1 aliphatic rings. The van der Waals surface area contributed by atoms with Crippen LogP contribution in [0.4, 0.5) is 0 Å². The van der Waals surface area contributed by atoms with Gasteiger partial charge in [-0.05, 0) is 37.9 Å². The molecule has 1 N–H and O–H groups in total. The molecule has 0 saturated heterocycles. The van der Waals surface area contributed by atoms with Crippen molar-refractivity contribution in [1.82, 2.24) is 9.88 Å². The standard InChI is InChI=1S/C12H16Cl2N2O/c1-16(6-8-4-9(17)5-8)7-11-10(13)2-3-12(14)15-11/h2-3,8-9,17H,4-7H2,1H3. The normalized spacial score (nSPS) is 23.8. The average Bonchev–Trinajstić information content (AvgIpc) is 2.21. The first kappa shape index (κ1) is 13.1. The van der Waals surface area contributed by atoms with E-state index in [1.54, 1.807) is 12.1 Å². The molecule has 0 bridgehead atoms. The molecule has 1 fully saturated rings. The Labute approximate surface area is 111 Å². The van der Waals surface area contributed by atoms with Gasteiger partial charge in [0.1, 0.15) is 5.15 Å². The maximum Gasteiger partial charge on any atom is 0.129 e. The van der Waals surface area contributed by atoms with Crippen molar-refractivity contribution in [2.45, 2.75) is 25.5 Å². The number of hydrogen-bond acceptors (Lipinski definition) is 3. The maximum absolute atomic E-state index is 9.23. The number of pyridine rings is 1. The van der Waals surface area contributed by atoms with Gasteiger partial charge in [0, 0.05) is 13.1 Å². The Hall–Kier alpha value is -0.350. The van der Waals surface area contributed by atoms with Gasteiger partial charge in [-0.2, -0.15) is 0 Å². The molecule has 0 spiro atoms. The number of hydrogen-bond donors (Lipinski definition) is 1. The van der Waals surface area contributed by atoms with Crippen LogP contribution in [0.15, 0.2) is 12.1 Å². The molecule has 17 heavy (non-hydrogen) atoms. The van der Waals surface area contributed by atoms with Gasteiger partial charge in [-0.1, -0.05) is 23.2 Å². The summed E-state index contributed by atoms with van der Waals surface area (Å²) in [6.45, 7) is 1.65. The van der Waals surface area contributed by atoms with E-state index in [0.29, 0.717) is 22.6 Å². The van der Waals surface area contributed by atoms with Gasteiger partial charge >= 0.3 is 0 Å². The molecule has 1 saturated carbocycles. The van der Waals surface area contributed by atoms with E-state index in [1.807, 2.05) is 7.05 Å². The molecule has 0 aliphatic heterocycles. The Morgan fingerprint density at radius 3 is 2.76 bits per heavy atom. The fourth-order valence-electron chi connectivity index (χ4n) is 2.18. The minimum absolute atomic E-state index is 0.0960. The lowest BCUT2D eigenvalue weighted by atomic mass is 9.82. The van der Waals surface area contributed by atoms with Crippen molar-refractivity contribution in [1.29, 1.82) is 0 Å². The van der Waals surface area contributed by atoms with Gasteiger partial charge in [0.25, 0.3) is 0 Å². The zero-order valence-corrected chi connectivity index (χ0v) is 11.2.